The highest BCUT2D eigenvalue weighted by Gasteiger charge is 2.40. The van der Waals surface area contributed by atoms with Gasteiger partial charge in [0.25, 0.3) is 0 Å². The Bertz CT molecular complexity index is 556. The molecule has 1 aromatic heterocycles. The van der Waals surface area contributed by atoms with Crippen LogP contribution in [0.4, 0.5) is 0 Å². The van der Waals surface area contributed by atoms with Crippen LogP contribution >= 0.6 is 0 Å². The van der Waals surface area contributed by atoms with Crippen LogP contribution in [0, 0.1) is 0 Å². The first-order valence-corrected chi connectivity index (χ1v) is 8.26. The summed E-state index contributed by atoms with van der Waals surface area (Å²) in [5.74, 6) is 0. The van der Waals surface area contributed by atoms with Crippen LogP contribution in [0.1, 0.15) is 26.5 Å². The Balaban J connectivity index is 2.41. The minimum absolute atomic E-state index is 0.315. The first-order valence-electron chi connectivity index (χ1n) is 6.82. The van der Waals surface area contributed by atoms with E-state index in [-0.39, 0.29) is 0 Å². The van der Waals surface area contributed by atoms with Gasteiger partial charge in [-0.1, -0.05) is 0 Å². The van der Waals surface area contributed by atoms with E-state index >= 15 is 0 Å². The van der Waals surface area contributed by atoms with E-state index < -0.39 is 15.6 Å². The molecule has 0 bridgehead atoms. The molecule has 1 saturated heterocycles. The van der Waals surface area contributed by atoms with Crippen LogP contribution in [-0.2, 0) is 27.8 Å². The van der Waals surface area contributed by atoms with Crippen LogP contribution in [0.3, 0.4) is 0 Å². The highest BCUT2D eigenvalue weighted by atomic mass is 32.2. The molecule has 0 amide bonds. The van der Waals surface area contributed by atoms with E-state index in [1.165, 1.54) is 4.31 Å². The van der Waals surface area contributed by atoms with Gasteiger partial charge >= 0.3 is 0 Å². The SMILES string of the molecule is CCn1cc(S(=O)(=O)N2CCOCC2(C)C)cc1CN. The molecule has 1 aromatic rings. The van der Waals surface area contributed by atoms with Crippen LogP contribution in [0.15, 0.2) is 17.2 Å². The van der Waals surface area contributed by atoms with Gasteiger partial charge in [0.05, 0.1) is 18.8 Å². The van der Waals surface area contributed by atoms with Gasteiger partial charge in [0, 0.05) is 31.5 Å². The van der Waals surface area contributed by atoms with Gasteiger partial charge in [-0.25, -0.2) is 8.42 Å². The molecular weight excluding hydrogens is 278 g/mol. The normalized spacial score (nSPS) is 20.2. The van der Waals surface area contributed by atoms with E-state index in [1.807, 2.05) is 25.3 Å². The Hall–Kier alpha value is -0.890. The van der Waals surface area contributed by atoms with Crippen molar-refractivity contribution in [3.8, 4) is 0 Å². The van der Waals surface area contributed by atoms with Gasteiger partial charge in [-0.05, 0) is 26.8 Å². The zero-order chi connectivity index (χ0) is 15.0. The molecule has 2 rings (SSSR count). The molecular formula is C13H23N3O3S. The standard InChI is InChI=1S/C13H23N3O3S/c1-4-15-9-12(7-11(15)8-14)20(17,18)16-5-6-19-10-13(16,2)3/h7,9H,4-6,8,10,14H2,1-3H3. The topological polar surface area (TPSA) is 77.6 Å². The lowest BCUT2D eigenvalue weighted by atomic mass is 10.1. The van der Waals surface area contributed by atoms with Gasteiger partial charge in [0.2, 0.25) is 10.0 Å². The summed E-state index contributed by atoms with van der Waals surface area (Å²) in [5, 5.41) is 0. The lowest BCUT2D eigenvalue weighted by molar-refractivity contribution is -0.00770. The van der Waals surface area contributed by atoms with E-state index in [2.05, 4.69) is 0 Å². The van der Waals surface area contributed by atoms with Gasteiger partial charge in [-0.2, -0.15) is 4.31 Å². The molecule has 1 fully saturated rings. The summed E-state index contributed by atoms with van der Waals surface area (Å²) in [6.45, 7) is 7.98. The zero-order valence-electron chi connectivity index (χ0n) is 12.3. The third-order valence-electron chi connectivity index (χ3n) is 3.67. The molecule has 114 valence electrons. The van der Waals surface area contributed by atoms with Crippen LogP contribution < -0.4 is 5.73 Å². The lowest BCUT2D eigenvalue weighted by Crippen LogP contribution is -2.55. The molecule has 0 saturated carbocycles. The average molecular weight is 301 g/mol. The van der Waals surface area contributed by atoms with E-state index in [0.29, 0.717) is 37.7 Å². The number of rotatable bonds is 4. The molecule has 2 N–H and O–H groups in total. The molecule has 20 heavy (non-hydrogen) atoms. The van der Waals surface area contributed by atoms with Crippen LogP contribution in [0.5, 0.6) is 0 Å². The van der Waals surface area contributed by atoms with Crippen molar-refractivity contribution >= 4 is 10.0 Å². The van der Waals surface area contributed by atoms with Crippen molar-refractivity contribution in [2.45, 2.75) is 44.3 Å². The quantitative estimate of drug-likeness (QED) is 0.891. The van der Waals surface area contributed by atoms with E-state index in [0.717, 1.165) is 5.69 Å². The number of nitrogens with zero attached hydrogens (tertiary/aromatic N) is 2. The molecule has 1 aliphatic rings. The van der Waals surface area contributed by atoms with Gasteiger partial charge in [-0.3, -0.25) is 0 Å². The first kappa shape index (κ1) is 15.5. The number of hydrogen-bond acceptors (Lipinski definition) is 4. The smallest absolute Gasteiger partial charge is 0.245 e. The molecule has 7 heteroatoms. The van der Waals surface area contributed by atoms with Crippen molar-refractivity contribution < 1.29 is 13.2 Å². The Labute approximate surface area is 120 Å². The molecule has 0 spiro atoms. The predicted octanol–water partition coefficient (Wildman–Crippen LogP) is 0.766. The van der Waals surface area contributed by atoms with Gasteiger partial charge in [0.15, 0.2) is 0 Å². The molecule has 1 aliphatic heterocycles. The third kappa shape index (κ3) is 2.63. The average Bonchev–Trinajstić information content (AvgIpc) is 2.81. The Kier molecular flexibility index (Phi) is 4.24. The number of nitrogens with two attached hydrogens (primary N) is 1. The van der Waals surface area contributed by atoms with E-state index in [4.69, 9.17) is 10.5 Å². The maximum absolute atomic E-state index is 12.8. The molecule has 6 nitrogen and oxygen atoms in total. The highest BCUT2D eigenvalue weighted by molar-refractivity contribution is 7.89. The van der Waals surface area contributed by atoms with Gasteiger partial charge in [-0.15, -0.1) is 0 Å². The maximum Gasteiger partial charge on any atom is 0.245 e. The monoisotopic (exact) mass is 301 g/mol. The molecule has 0 atom stereocenters. The Morgan fingerprint density at radius 1 is 1.45 bits per heavy atom. The van der Waals surface area contributed by atoms with E-state index in [9.17, 15) is 8.42 Å². The molecule has 0 aromatic carbocycles. The fraction of sp³-hybridized carbons (Fsp3) is 0.692. The van der Waals surface area contributed by atoms with Crippen LogP contribution in [0.25, 0.3) is 0 Å². The predicted molar refractivity (Wildman–Crippen MR) is 76.8 cm³/mol. The largest absolute Gasteiger partial charge is 0.378 e. The number of morpholine rings is 1. The fourth-order valence-corrected chi connectivity index (χ4v) is 4.37. The number of ether oxygens (including phenoxy) is 1. The Morgan fingerprint density at radius 2 is 2.15 bits per heavy atom. The Morgan fingerprint density at radius 3 is 2.65 bits per heavy atom. The second kappa shape index (κ2) is 5.48. The van der Waals surface area contributed by atoms with Gasteiger partial charge in [0.1, 0.15) is 4.90 Å². The molecule has 2 heterocycles. The van der Waals surface area contributed by atoms with Crippen molar-refractivity contribution in [3.05, 3.63) is 18.0 Å². The molecule has 0 aliphatic carbocycles. The van der Waals surface area contributed by atoms with Crippen LogP contribution in [-0.4, -0.2) is 42.6 Å². The van der Waals surface area contributed by atoms with Crippen molar-refractivity contribution in [1.82, 2.24) is 8.87 Å². The van der Waals surface area contributed by atoms with E-state index in [1.54, 1.807) is 12.3 Å². The van der Waals surface area contributed by atoms with Crippen molar-refractivity contribution in [1.29, 1.82) is 0 Å². The summed E-state index contributed by atoms with van der Waals surface area (Å²) in [4.78, 5) is 0.315. The second-order valence-electron chi connectivity index (χ2n) is 5.60. The summed E-state index contributed by atoms with van der Waals surface area (Å²) >= 11 is 0. The molecule has 0 radical (unpaired) electrons. The van der Waals surface area contributed by atoms with Crippen molar-refractivity contribution in [2.75, 3.05) is 19.8 Å². The first-order chi connectivity index (χ1) is 9.32. The summed E-state index contributed by atoms with van der Waals surface area (Å²) < 4.78 is 34.4. The number of aryl methyl sites for hydroxylation is 1. The summed E-state index contributed by atoms with van der Waals surface area (Å²) in [7, 11) is -3.51. The highest BCUT2D eigenvalue weighted by Crippen LogP contribution is 2.28. The minimum Gasteiger partial charge on any atom is -0.378 e. The number of sulfonamides is 1. The second-order valence-corrected chi connectivity index (χ2v) is 7.46. The zero-order valence-corrected chi connectivity index (χ0v) is 13.1. The number of aromatic nitrogens is 1. The van der Waals surface area contributed by atoms with Crippen LogP contribution in [0.2, 0.25) is 0 Å². The summed E-state index contributed by atoms with van der Waals surface area (Å²) in [6.07, 6.45) is 1.67. The van der Waals surface area contributed by atoms with Crippen molar-refractivity contribution in [2.24, 2.45) is 5.73 Å². The summed E-state index contributed by atoms with van der Waals surface area (Å²) in [6, 6.07) is 1.67. The van der Waals surface area contributed by atoms with Crippen molar-refractivity contribution in [3.63, 3.8) is 0 Å². The summed E-state index contributed by atoms with van der Waals surface area (Å²) in [5.41, 5.74) is 5.96. The maximum atomic E-state index is 12.8. The van der Waals surface area contributed by atoms with Gasteiger partial charge < -0.3 is 15.0 Å². The fourth-order valence-electron chi connectivity index (χ4n) is 2.55. The minimum atomic E-state index is -3.51. The number of hydrogen-bond donors (Lipinski definition) is 1. The third-order valence-corrected chi connectivity index (χ3v) is 5.74. The molecule has 0 unspecified atom stereocenters. The lowest BCUT2D eigenvalue weighted by Gasteiger charge is -2.40.